The molecule has 3 heteroatoms. The lowest BCUT2D eigenvalue weighted by atomic mass is 11.0. The standard InChI is InChI=1S/C4H7IN2/c1-6-4-7-3-2-5/h2-4H,1H3,(H,6,7)/b3-2-. The van der Waals surface area contributed by atoms with E-state index in [9.17, 15) is 0 Å². The number of nitrogens with one attached hydrogen (secondary N) is 1. The Morgan fingerprint density at radius 3 is 2.86 bits per heavy atom. The van der Waals surface area contributed by atoms with Crippen LogP contribution in [0.2, 0.25) is 0 Å². The van der Waals surface area contributed by atoms with E-state index < -0.39 is 0 Å². The van der Waals surface area contributed by atoms with Crippen molar-refractivity contribution in [3.05, 3.63) is 10.3 Å². The zero-order chi connectivity index (χ0) is 5.54. The third kappa shape index (κ3) is 5.94. The highest BCUT2D eigenvalue weighted by molar-refractivity contribution is 14.1. The van der Waals surface area contributed by atoms with Gasteiger partial charge >= 0.3 is 0 Å². The van der Waals surface area contributed by atoms with Crippen molar-refractivity contribution in [3.8, 4) is 0 Å². The third-order valence-electron chi connectivity index (χ3n) is 0.363. The first-order valence-electron chi connectivity index (χ1n) is 1.83. The van der Waals surface area contributed by atoms with E-state index in [1.165, 1.54) is 0 Å². The Balaban J connectivity index is 2.98. The van der Waals surface area contributed by atoms with Crippen molar-refractivity contribution in [3.63, 3.8) is 0 Å². The summed E-state index contributed by atoms with van der Waals surface area (Å²) in [6.45, 7) is 0. The van der Waals surface area contributed by atoms with Crippen LogP contribution in [0.1, 0.15) is 0 Å². The van der Waals surface area contributed by atoms with Crippen LogP contribution in [0, 0.1) is 0 Å². The summed E-state index contributed by atoms with van der Waals surface area (Å²) in [5.41, 5.74) is 0. The van der Waals surface area contributed by atoms with Crippen LogP contribution in [0.4, 0.5) is 0 Å². The molecule has 0 saturated carbocycles. The summed E-state index contributed by atoms with van der Waals surface area (Å²) in [6.07, 6.45) is 3.42. The molecule has 0 saturated heterocycles. The van der Waals surface area contributed by atoms with Gasteiger partial charge in [-0.05, 0) is 4.08 Å². The molecule has 0 rings (SSSR count). The predicted molar refractivity (Wildman–Crippen MR) is 40.7 cm³/mol. The van der Waals surface area contributed by atoms with Crippen LogP contribution >= 0.6 is 22.6 Å². The van der Waals surface area contributed by atoms with Gasteiger partial charge in [0.25, 0.3) is 0 Å². The minimum atomic E-state index is 1.62. The summed E-state index contributed by atoms with van der Waals surface area (Å²) < 4.78 is 1.87. The van der Waals surface area contributed by atoms with Crippen LogP contribution in [0.25, 0.3) is 0 Å². The molecular formula is C4H7IN2. The average molecular weight is 210 g/mol. The van der Waals surface area contributed by atoms with E-state index in [1.807, 2.05) is 4.08 Å². The van der Waals surface area contributed by atoms with Gasteiger partial charge < -0.3 is 5.32 Å². The summed E-state index contributed by atoms with van der Waals surface area (Å²) >= 11 is 2.12. The van der Waals surface area contributed by atoms with Crippen LogP contribution in [-0.4, -0.2) is 13.4 Å². The Bertz CT molecular complexity index is 67.8. The monoisotopic (exact) mass is 210 g/mol. The average Bonchev–Trinajstić information content (AvgIpc) is 1.69. The normalized spacial score (nSPS) is 11.1. The van der Waals surface area contributed by atoms with Gasteiger partial charge in [0, 0.05) is 13.2 Å². The molecule has 2 nitrogen and oxygen atoms in total. The summed E-state index contributed by atoms with van der Waals surface area (Å²) in [7, 11) is 1.72. The molecule has 0 aliphatic heterocycles. The fourth-order valence-electron chi connectivity index (χ4n) is 0.154. The lowest BCUT2D eigenvalue weighted by Gasteiger charge is -1.80. The van der Waals surface area contributed by atoms with Gasteiger partial charge in [-0.2, -0.15) is 0 Å². The first-order valence-corrected chi connectivity index (χ1v) is 3.08. The minimum absolute atomic E-state index is 1.62. The maximum atomic E-state index is 3.68. The van der Waals surface area contributed by atoms with Crippen molar-refractivity contribution in [2.24, 2.45) is 4.99 Å². The summed E-state index contributed by atoms with van der Waals surface area (Å²) in [6, 6.07) is 0. The number of aliphatic imine (C=N–C) groups is 1. The SMILES string of the molecule is CN=CN/C=C\I. The van der Waals surface area contributed by atoms with Crippen LogP contribution in [0.3, 0.4) is 0 Å². The molecule has 0 fully saturated rings. The first kappa shape index (κ1) is 6.94. The highest BCUT2D eigenvalue weighted by Gasteiger charge is 1.57. The zero-order valence-electron chi connectivity index (χ0n) is 4.06. The van der Waals surface area contributed by atoms with Crippen molar-refractivity contribution < 1.29 is 0 Å². The summed E-state index contributed by atoms with van der Waals surface area (Å²) in [5.74, 6) is 0. The Morgan fingerprint density at radius 1 is 1.71 bits per heavy atom. The maximum Gasteiger partial charge on any atom is 0.0859 e. The van der Waals surface area contributed by atoms with Crippen molar-refractivity contribution >= 4 is 28.9 Å². The minimum Gasteiger partial charge on any atom is -0.353 e. The molecule has 0 aromatic carbocycles. The molecule has 7 heavy (non-hydrogen) atoms. The van der Waals surface area contributed by atoms with Gasteiger partial charge in [-0.25, -0.2) is 0 Å². The fraction of sp³-hybridized carbons (Fsp3) is 0.250. The maximum absolute atomic E-state index is 3.68. The second-order valence-electron chi connectivity index (χ2n) is 0.847. The quantitative estimate of drug-likeness (QED) is 0.412. The molecule has 40 valence electrons. The molecule has 0 spiro atoms. The Morgan fingerprint density at radius 2 is 2.43 bits per heavy atom. The highest BCUT2D eigenvalue weighted by atomic mass is 127. The lowest BCUT2D eigenvalue weighted by molar-refractivity contribution is 1.29. The highest BCUT2D eigenvalue weighted by Crippen LogP contribution is 1.77. The van der Waals surface area contributed by atoms with Crippen molar-refractivity contribution in [2.45, 2.75) is 0 Å². The molecule has 0 aromatic heterocycles. The fourth-order valence-corrected chi connectivity index (χ4v) is 0.362. The summed E-state index contributed by atoms with van der Waals surface area (Å²) in [4.78, 5) is 3.68. The van der Waals surface area contributed by atoms with E-state index in [2.05, 4.69) is 32.9 Å². The van der Waals surface area contributed by atoms with Gasteiger partial charge in [0.05, 0.1) is 6.34 Å². The number of hydrogen-bond acceptors (Lipinski definition) is 1. The molecular weight excluding hydrogens is 203 g/mol. The number of hydrogen-bond donors (Lipinski definition) is 1. The van der Waals surface area contributed by atoms with Crippen LogP contribution in [0.5, 0.6) is 0 Å². The van der Waals surface area contributed by atoms with Crippen molar-refractivity contribution in [2.75, 3.05) is 7.05 Å². The molecule has 0 aliphatic carbocycles. The van der Waals surface area contributed by atoms with Crippen LogP contribution < -0.4 is 5.32 Å². The molecule has 0 unspecified atom stereocenters. The van der Waals surface area contributed by atoms with E-state index in [0.717, 1.165) is 0 Å². The van der Waals surface area contributed by atoms with Gasteiger partial charge in [-0.3, -0.25) is 4.99 Å². The topological polar surface area (TPSA) is 24.4 Å². The van der Waals surface area contributed by atoms with E-state index in [0.29, 0.717) is 0 Å². The number of rotatable bonds is 2. The van der Waals surface area contributed by atoms with Gasteiger partial charge in [-0.15, -0.1) is 0 Å². The van der Waals surface area contributed by atoms with Gasteiger partial charge in [0.1, 0.15) is 0 Å². The van der Waals surface area contributed by atoms with E-state index in [1.54, 1.807) is 19.6 Å². The Hall–Kier alpha value is -0.0600. The van der Waals surface area contributed by atoms with Crippen LogP contribution in [0.15, 0.2) is 15.3 Å². The molecule has 0 heterocycles. The number of nitrogens with zero attached hydrogens (tertiary/aromatic N) is 1. The molecule has 0 radical (unpaired) electrons. The van der Waals surface area contributed by atoms with Crippen LogP contribution in [-0.2, 0) is 0 Å². The molecule has 0 aromatic rings. The third-order valence-corrected chi connectivity index (χ3v) is 0.722. The Kier molecular flexibility index (Phi) is 5.89. The van der Waals surface area contributed by atoms with Gasteiger partial charge in [-0.1, -0.05) is 22.6 Å². The molecule has 0 amide bonds. The second-order valence-corrected chi connectivity index (χ2v) is 1.57. The van der Waals surface area contributed by atoms with E-state index >= 15 is 0 Å². The predicted octanol–water partition coefficient (Wildman–Crippen LogP) is 1.14. The molecule has 0 bridgehead atoms. The van der Waals surface area contributed by atoms with E-state index in [-0.39, 0.29) is 0 Å². The molecule has 1 N–H and O–H groups in total. The largest absolute Gasteiger partial charge is 0.353 e. The smallest absolute Gasteiger partial charge is 0.0859 e. The van der Waals surface area contributed by atoms with E-state index in [4.69, 9.17) is 0 Å². The van der Waals surface area contributed by atoms with Gasteiger partial charge in [0.15, 0.2) is 0 Å². The summed E-state index contributed by atoms with van der Waals surface area (Å²) in [5, 5.41) is 2.80. The Labute approximate surface area is 56.9 Å². The first-order chi connectivity index (χ1) is 3.41. The van der Waals surface area contributed by atoms with Gasteiger partial charge in [0.2, 0.25) is 0 Å². The van der Waals surface area contributed by atoms with Crippen molar-refractivity contribution in [1.29, 1.82) is 0 Å². The zero-order valence-corrected chi connectivity index (χ0v) is 6.21. The molecule has 0 atom stereocenters. The molecule has 0 aliphatic rings. The number of halogens is 1. The van der Waals surface area contributed by atoms with Crippen molar-refractivity contribution in [1.82, 2.24) is 5.32 Å². The second kappa shape index (κ2) is 5.94. The lowest BCUT2D eigenvalue weighted by Crippen LogP contribution is -1.97.